The molecule has 0 aromatic heterocycles. The van der Waals surface area contributed by atoms with Gasteiger partial charge < -0.3 is 29.7 Å². The van der Waals surface area contributed by atoms with Crippen LogP contribution in [0.25, 0.3) is 0 Å². The molecule has 7 atom stereocenters. The van der Waals surface area contributed by atoms with E-state index in [2.05, 4.69) is 5.32 Å². The molecule has 0 radical (unpaired) electrons. The van der Waals surface area contributed by atoms with Crippen molar-refractivity contribution in [2.24, 2.45) is 11.8 Å². The van der Waals surface area contributed by atoms with E-state index in [1.165, 1.54) is 0 Å². The number of cyclic esters (lactones) is 1. The van der Waals surface area contributed by atoms with E-state index in [0.717, 1.165) is 18.4 Å². The number of hydrogen-bond donors (Lipinski definition) is 2. The SMILES string of the molecule is Cc1cccc(Cl)c1N1CC=C[C@@]23O[C@H]4/C=C\CCC(=O)N[C@@H](C)[C@H](c5ccccc5)OC(=O)[C@H]4[C@@H]2C(=O)N(CCCCCCO)[C@H]3C1=O. The van der Waals surface area contributed by atoms with Gasteiger partial charge in [-0.05, 0) is 50.3 Å². The Morgan fingerprint density at radius 3 is 2.51 bits per heavy atom. The number of aryl methyl sites for hydroxylation is 1. The van der Waals surface area contributed by atoms with Gasteiger partial charge in [0.15, 0.2) is 0 Å². The van der Waals surface area contributed by atoms with Crippen molar-refractivity contribution in [2.45, 2.75) is 82.3 Å². The van der Waals surface area contributed by atoms with Crippen LogP contribution in [-0.4, -0.2) is 77.2 Å². The zero-order valence-corrected chi connectivity index (χ0v) is 28.7. The predicted octanol–water partition coefficient (Wildman–Crippen LogP) is 4.82. The minimum Gasteiger partial charge on any atom is -0.455 e. The Hall–Kier alpha value is -3.99. The summed E-state index contributed by atoms with van der Waals surface area (Å²) in [5, 5.41) is 12.7. The number of benzene rings is 2. The molecule has 0 saturated carbocycles. The van der Waals surface area contributed by atoms with Crippen LogP contribution in [0.5, 0.6) is 0 Å². The number of carbonyl (C=O) groups is 4. The molecule has 2 N–H and O–H groups in total. The van der Waals surface area contributed by atoms with Crippen LogP contribution in [0.3, 0.4) is 0 Å². The molecule has 2 aromatic carbocycles. The number of para-hydroxylation sites is 1. The summed E-state index contributed by atoms with van der Waals surface area (Å²) in [6.45, 7) is 4.25. The normalized spacial score (nSPS) is 30.8. The number of allylic oxidation sites excluding steroid dienone is 1. The highest BCUT2D eigenvalue weighted by molar-refractivity contribution is 6.34. The number of hydrogen-bond acceptors (Lipinski definition) is 7. The molecule has 2 aromatic rings. The van der Waals surface area contributed by atoms with Crippen LogP contribution in [0.2, 0.25) is 5.02 Å². The highest BCUT2D eigenvalue weighted by Gasteiger charge is 2.72. The highest BCUT2D eigenvalue weighted by atomic mass is 35.5. The van der Waals surface area contributed by atoms with Crippen LogP contribution in [0.15, 0.2) is 72.8 Å². The monoisotopic (exact) mass is 689 g/mol. The molecule has 2 fully saturated rings. The van der Waals surface area contributed by atoms with Gasteiger partial charge in [0.2, 0.25) is 11.8 Å². The number of nitrogens with one attached hydrogen (secondary N) is 1. The number of aliphatic hydroxyl groups excluding tert-OH is 1. The van der Waals surface area contributed by atoms with E-state index >= 15 is 0 Å². The van der Waals surface area contributed by atoms with Crippen LogP contribution < -0.4 is 10.2 Å². The topological polar surface area (TPSA) is 125 Å². The van der Waals surface area contributed by atoms with Gasteiger partial charge in [-0.25, -0.2) is 0 Å². The molecule has 6 rings (SSSR count). The van der Waals surface area contributed by atoms with E-state index in [0.29, 0.717) is 35.5 Å². The Kier molecular flexibility index (Phi) is 10.6. The van der Waals surface area contributed by atoms with Crippen LogP contribution in [0, 0.1) is 18.8 Å². The minimum atomic E-state index is -1.45. The molecule has 49 heavy (non-hydrogen) atoms. The number of ether oxygens (including phenoxy) is 2. The standard InChI is InChI=1S/C38H44ClN3O7/c1-24-14-12-17-27(39)32(24)41-22-13-20-38-31(35(45)42(34(38)36(41)46)21-10-3-4-11-23-43)30-28(49-38)18-8-9-19-29(44)40-25(2)33(48-37(30)47)26-15-6-5-7-16-26/h5-8,12-18,20,25,28,30-31,33-34,43H,3-4,9-11,19,21-23H2,1-2H3,(H,40,44)/b18-8-/t25-,28-,30+,31+,33+,34-,38+/m0/s1. The third-order valence-electron chi connectivity index (χ3n) is 10.1. The number of amides is 3. The molecule has 4 aliphatic rings. The molecule has 3 amide bonds. The lowest BCUT2D eigenvalue weighted by Gasteiger charge is -2.36. The Bertz CT molecular complexity index is 1610. The number of esters is 1. The van der Waals surface area contributed by atoms with Gasteiger partial charge in [-0.1, -0.05) is 91.2 Å². The number of nitrogens with zero attached hydrogens (tertiary/aromatic N) is 2. The summed E-state index contributed by atoms with van der Waals surface area (Å²) in [4.78, 5) is 60.0. The summed E-state index contributed by atoms with van der Waals surface area (Å²) in [5.74, 6) is -3.57. The number of aliphatic hydroxyl groups is 1. The van der Waals surface area contributed by atoms with Gasteiger partial charge in [-0.15, -0.1) is 0 Å². The van der Waals surface area contributed by atoms with Crippen molar-refractivity contribution in [3.8, 4) is 0 Å². The second kappa shape index (κ2) is 14.9. The molecule has 10 nitrogen and oxygen atoms in total. The van der Waals surface area contributed by atoms with Gasteiger partial charge in [0.25, 0.3) is 5.91 Å². The van der Waals surface area contributed by atoms with Crippen LogP contribution in [0.1, 0.15) is 62.7 Å². The fraction of sp³-hybridized carbons (Fsp3) is 0.474. The lowest BCUT2D eigenvalue weighted by molar-refractivity contribution is -0.161. The fourth-order valence-corrected chi connectivity index (χ4v) is 8.18. The number of rotatable bonds is 8. The van der Waals surface area contributed by atoms with Crippen LogP contribution >= 0.6 is 11.6 Å². The van der Waals surface area contributed by atoms with E-state index in [9.17, 15) is 24.3 Å². The zero-order valence-electron chi connectivity index (χ0n) is 27.9. The highest BCUT2D eigenvalue weighted by Crippen LogP contribution is 2.54. The quantitative estimate of drug-likeness (QED) is 0.231. The minimum absolute atomic E-state index is 0.0880. The third-order valence-corrected chi connectivity index (χ3v) is 10.4. The van der Waals surface area contributed by atoms with Crippen molar-refractivity contribution in [2.75, 3.05) is 24.6 Å². The fourth-order valence-electron chi connectivity index (χ4n) is 7.86. The number of halogens is 1. The van der Waals surface area contributed by atoms with Gasteiger partial charge >= 0.3 is 5.97 Å². The molecule has 260 valence electrons. The second-order valence-corrected chi connectivity index (χ2v) is 13.8. The smallest absolute Gasteiger partial charge is 0.313 e. The van der Waals surface area contributed by atoms with Crippen molar-refractivity contribution in [1.82, 2.24) is 10.2 Å². The van der Waals surface area contributed by atoms with Gasteiger partial charge in [-0.2, -0.15) is 0 Å². The average molecular weight is 690 g/mol. The number of likely N-dealkylation sites (tertiary alicyclic amines) is 1. The molecule has 0 aliphatic carbocycles. The van der Waals surface area contributed by atoms with Crippen molar-refractivity contribution in [1.29, 1.82) is 0 Å². The molecular weight excluding hydrogens is 646 g/mol. The van der Waals surface area contributed by atoms with Gasteiger partial charge in [0.05, 0.1) is 28.8 Å². The molecule has 4 heterocycles. The summed E-state index contributed by atoms with van der Waals surface area (Å²) in [7, 11) is 0. The largest absolute Gasteiger partial charge is 0.455 e. The third kappa shape index (κ3) is 6.66. The molecule has 11 heteroatoms. The van der Waals surface area contributed by atoms with Crippen molar-refractivity contribution in [3.63, 3.8) is 0 Å². The number of carbonyl (C=O) groups excluding carboxylic acids is 4. The van der Waals surface area contributed by atoms with E-state index in [1.54, 1.807) is 41.0 Å². The average Bonchev–Trinajstić information content (AvgIpc) is 3.46. The predicted molar refractivity (Wildman–Crippen MR) is 185 cm³/mol. The summed E-state index contributed by atoms with van der Waals surface area (Å²) < 4.78 is 13.1. The van der Waals surface area contributed by atoms with Crippen molar-refractivity contribution in [3.05, 3.63) is 89.0 Å². The molecule has 4 aliphatic heterocycles. The lowest BCUT2D eigenvalue weighted by atomic mass is 9.77. The molecular formula is C38H44ClN3O7. The number of fused-ring (bicyclic) bond motifs is 2. The van der Waals surface area contributed by atoms with E-state index < -0.39 is 47.7 Å². The molecule has 2 saturated heterocycles. The first kappa shape index (κ1) is 34.9. The Balaban J connectivity index is 1.42. The number of anilines is 1. The van der Waals surface area contributed by atoms with Gasteiger partial charge in [0.1, 0.15) is 23.7 Å². The Morgan fingerprint density at radius 1 is 0.980 bits per heavy atom. The van der Waals surface area contributed by atoms with Crippen LogP contribution in [0.4, 0.5) is 5.69 Å². The summed E-state index contributed by atoms with van der Waals surface area (Å²) >= 11 is 6.68. The first-order chi connectivity index (χ1) is 23.7. The molecule has 0 bridgehead atoms. The van der Waals surface area contributed by atoms with E-state index in [1.807, 2.05) is 55.5 Å². The zero-order chi connectivity index (χ0) is 34.7. The van der Waals surface area contributed by atoms with E-state index in [-0.39, 0.29) is 43.8 Å². The van der Waals surface area contributed by atoms with Crippen LogP contribution in [-0.2, 0) is 28.7 Å². The van der Waals surface area contributed by atoms with Gasteiger partial charge in [-0.3, -0.25) is 19.2 Å². The van der Waals surface area contributed by atoms with Crippen molar-refractivity contribution < 1.29 is 33.8 Å². The maximum absolute atomic E-state index is 14.8. The van der Waals surface area contributed by atoms with Gasteiger partial charge in [0, 0.05) is 26.1 Å². The van der Waals surface area contributed by atoms with E-state index in [4.69, 9.17) is 21.1 Å². The maximum atomic E-state index is 14.8. The first-order valence-corrected chi connectivity index (χ1v) is 17.6. The second-order valence-electron chi connectivity index (χ2n) is 13.4. The lowest BCUT2D eigenvalue weighted by Crippen LogP contribution is -2.55. The molecule has 0 unspecified atom stereocenters. The number of unbranched alkanes of at least 4 members (excludes halogenated alkanes) is 3. The summed E-state index contributed by atoms with van der Waals surface area (Å²) in [6, 6.07) is 13.0. The van der Waals surface area contributed by atoms with Crippen molar-refractivity contribution >= 4 is 41.0 Å². The maximum Gasteiger partial charge on any atom is 0.313 e. The Labute approximate surface area is 292 Å². The Morgan fingerprint density at radius 2 is 1.76 bits per heavy atom. The summed E-state index contributed by atoms with van der Waals surface area (Å²) in [6.07, 6.45) is 8.87. The molecule has 1 spiro atoms. The first-order valence-electron chi connectivity index (χ1n) is 17.2. The summed E-state index contributed by atoms with van der Waals surface area (Å²) in [5.41, 5.74) is 0.627.